The molecule has 0 aliphatic heterocycles. The fourth-order valence-corrected chi connectivity index (χ4v) is 1.59. The molecule has 0 atom stereocenters. The fraction of sp³-hybridized carbons (Fsp3) is 0.0714. The van der Waals surface area contributed by atoms with Gasteiger partial charge in [0.15, 0.2) is 0 Å². The van der Waals surface area contributed by atoms with Crippen molar-refractivity contribution in [1.82, 2.24) is 0 Å². The molecule has 14 heavy (non-hydrogen) atoms. The van der Waals surface area contributed by atoms with Crippen LogP contribution in [0.25, 0.3) is 16.8 Å². The molecule has 0 nitrogen and oxygen atoms in total. The fourth-order valence-electron chi connectivity index (χ4n) is 1.59. The standard InChI is InChI=1S/C14H12/c1-3-4-12-6-8-13-9-11(2)5-7-14(13)10-12/h4-10H,1H2,2H3. The molecule has 2 rings (SSSR count). The summed E-state index contributed by atoms with van der Waals surface area (Å²) in [7, 11) is 0. The quantitative estimate of drug-likeness (QED) is 0.583. The Bertz CT molecular complexity index is 515. The van der Waals surface area contributed by atoms with E-state index in [4.69, 9.17) is 0 Å². The molecule has 0 heteroatoms. The zero-order chi connectivity index (χ0) is 9.97. The molecule has 0 spiro atoms. The summed E-state index contributed by atoms with van der Waals surface area (Å²) in [6.07, 6.45) is 1.89. The number of benzene rings is 2. The van der Waals surface area contributed by atoms with E-state index in [1.807, 2.05) is 6.08 Å². The van der Waals surface area contributed by atoms with Crippen LogP contribution in [0.5, 0.6) is 0 Å². The van der Waals surface area contributed by atoms with Gasteiger partial charge < -0.3 is 0 Å². The molecule has 0 fully saturated rings. The van der Waals surface area contributed by atoms with Crippen molar-refractivity contribution in [3.8, 4) is 0 Å². The van der Waals surface area contributed by atoms with E-state index in [2.05, 4.69) is 55.6 Å². The van der Waals surface area contributed by atoms with Crippen LogP contribution in [0.4, 0.5) is 0 Å². The molecular formula is C14H12. The van der Waals surface area contributed by atoms with E-state index >= 15 is 0 Å². The van der Waals surface area contributed by atoms with Gasteiger partial charge in [-0.05, 0) is 35.4 Å². The Morgan fingerprint density at radius 3 is 2.57 bits per heavy atom. The molecule has 0 N–H and O–H groups in total. The van der Waals surface area contributed by atoms with Gasteiger partial charge in [0.25, 0.3) is 0 Å². The van der Waals surface area contributed by atoms with Crippen LogP contribution in [-0.4, -0.2) is 0 Å². The third-order valence-corrected chi connectivity index (χ3v) is 2.29. The highest BCUT2D eigenvalue weighted by atomic mass is 14.0. The smallest absolute Gasteiger partial charge is 0.0133 e. The highest BCUT2D eigenvalue weighted by Crippen LogP contribution is 2.18. The topological polar surface area (TPSA) is 0 Å². The molecule has 0 saturated heterocycles. The van der Waals surface area contributed by atoms with E-state index in [-0.39, 0.29) is 0 Å². The molecule has 0 saturated carbocycles. The molecule has 0 aromatic heterocycles. The second kappa shape index (κ2) is 3.53. The Balaban J connectivity index is 2.67. The van der Waals surface area contributed by atoms with Gasteiger partial charge in [-0.2, -0.15) is 0 Å². The van der Waals surface area contributed by atoms with Crippen LogP contribution < -0.4 is 0 Å². The molecule has 2 aromatic carbocycles. The van der Waals surface area contributed by atoms with Crippen LogP contribution in [0.1, 0.15) is 11.1 Å². The zero-order valence-corrected chi connectivity index (χ0v) is 8.25. The summed E-state index contributed by atoms with van der Waals surface area (Å²) in [6, 6.07) is 12.8. The lowest BCUT2D eigenvalue weighted by Gasteiger charge is -2.00. The normalized spacial score (nSPS) is 9.79. The van der Waals surface area contributed by atoms with Crippen molar-refractivity contribution < 1.29 is 0 Å². The van der Waals surface area contributed by atoms with Gasteiger partial charge in [-0.15, -0.1) is 5.73 Å². The monoisotopic (exact) mass is 180 g/mol. The van der Waals surface area contributed by atoms with Crippen LogP contribution >= 0.6 is 0 Å². The summed E-state index contributed by atoms with van der Waals surface area (Å²) in [4.78, 5) is 0. The molecule has 0 bridgehead atoms. The molecule has 0 amide bonds. The predicted octanol–water partition coefficient (Wildman–Crippen LogP) is 3.95. The maximum absolute atomic E-state index is 3.57. The van der Waals surface area contributed by atoms with Gasteiger partial charge in [-0.1, -0.05) is 42.5 Å². The Labute approximate surface area is 84.2 Å². The maximum atomic E-state index is 3.57. The minimum atomic E-state index is 1.15. The highest BCUT2D eigenvalue weighted by Gasteiger charge is 1.94. The average molecular weight is 180 g/mol. The second-order valence-electron chi connectivity index (χ2n) is 3.46. The number of aryl methyl sites for hydroxylation is 1. The van der Waals surface area contributed by atoms with Gasteiger partial charge in [-0.25, -0.2) is 0 Å². The lowest BCUT2D eigenvalue weighted by atomic mass is 10.0. The maximum Gasteiger partial charge on any atom is -0.0133 e. The SMILES string of the molecule is C=C=Cc1ccc2cc(C)ccc2c1. The minimum absolute atomic E-state index is 1.15. The minimum Gasteiger partial charge on any atom is -0.128 e. The van der Waals surface area contributed by atoms with E-state index < -0.39 is 0 Å². The Kier molecular flexibility index (Phi) is 2.22. The molecule has 2 aromatic rings. The van der Waals surface area contributed by atoms with Crippen molar-refractivity contribution in [3.63, 3.8) is 0 Å². The predicted molar refractivity (Wildman–Crippen MR) is 62.3 cm³/mol. The van der Waals surface area contributed by atoms with Crippen molar-refractivity contribution in [1.29, 1.82) is 0 Å². The first-order valence-electron chi connectivity index (χ1n) is 4.66. The second-order valence-corrected chi connectivity index (χ2v) is 3.46. The van der Waals surface area contributed by atoms with Gasteiger partial charge in [0, 0.05) is 0 Å². The molecule has 0 unspecified atom stereocenters. The Morgan fingerprint density at radius 1 is 1.07 bits per heavy atom. The largest absolute Gasteiger partial charge is 0.128 e. The first-order valence-corrected chi connectivity index (χ1v) is 4.66. The number of rotatable bonds is 1. The van der Waals surface area contributed by atoms with Gasteiger partial charge >= 0.3 is 0 Å². The lowest BCUT2D eigenvalue weighted by Crippen LogP contribution is -1.77. The third-order valence-electron chi connectivity index (χ3n) is 2.29. The highest BCUT2D eigenvalue weighted by molar-refractivity contribution is 5.85. The van der Waals surface area contributed by atoms with Gasteiger partial charge in [0.2, 0.25) is 0 Å². The number of hydrogen-bond donors (Lipinski definition) is 0. The van der Waals surface area contributed by atoms with E-state index in [0.717, 1.165) is 5.56 Å². The van der Waals surface area contributed by atoms with E-state index in [9.17, 15) is 0 Å². The van der Waals surface area contributed by atoms with Gasteiger partial charge in [0.05, 0.1) is 0 Å². The Morgan fingerprint density at radius 2 is 1.79 bits per heavy atom. The molecular weight excluding hydrogens is 168 g/mol. The van der Waals surface area contributed by atoms with Crippen molar-refractivity contribution >= 4 is 16.8 Å². The molecule has 0 aliphatic carbocycles. The molecule has 68 valence electrons. The van der Waals surface area contributed by atoms with Gasteiger partial charge in [-0.3, -0.25) is 0 Å². The third kappa shape index (κ3) is 1.61. The zero-order valence-electron chi connectivity index (χ0n) is 8.25. The number of hydrogen-bond acceptors (Lipinski definition) is 0. The summed E-state index contributed by atoms with van der Waals surface area (Å²) in [6.45, 7) is 5.68. The van der Waals surface area contributed by atoms with E-state index in [1.165, 1.54) is 16.3 Å². The van der Waals surface area contributed by atoms with Crippen molar-refractivity contribution in [3.05, 3.63) is 59.8 Å². The van der Waals surface area contributed by atoms with Crippen LogP contribution in [0.15, 0.2) is 48.7 Å². The summed E-state index contributed by atoms with van der Waals surface area (Å²) < 4.78 is 0. The van der Waals surface area contributed by atoms with Crippen LogP contribution in [0, 0.1) is 6.92 Å². The summed E-state index contributed by atoms with van der Waals surface area (Å²) >= 11 is 0. The van der Waals surface area contributed by atoms with Crippen molar-refractivity contribution in [2.24, 2.45) is 0 Å². The first-order chi connectivity index (χ1) is 6.79. The molecule has 0 heterocycles. The van der Waals surface area contributed by atoms with E-state index in [0.29, 0.717) is 0 Å². The molecule has 0 aliphatic rings. The Hall–Kier alpha value is -1.78. The van der Waals surface area contributed by atoms with Crippen molar-refractivity contribution in [2.45, 2.75) is 6.92 Å². The van der Waals surface area contributed by atoms with E-state index in [1.54, 1.807) is 0 Å². The average Bonchev–Trinajstić information content (AvgIpc) is 2.19. The van der Waals surface area contributed by atoms with Crippen molar-refractivity contribution in [2.75, 3.05) is 0 Å². The van der Waals surface area contributed by atoms with Crippen LogP contribution in [-0.2, 0) is 0 Å². The van der Waals surface area contributed by atoms with Crippen LogP contribution in [0.2, 0.25) is 0 Å². The summed E-state index contributed by atoms with van der Waals surface area (Å²) in [5, 5.41) is 2.55. The first kappa shape index (κ1) is 8.80. The summed E-state index contributed by atoms with van der Waals surface area (Å²) in [5.41, 5.74) is 5.23. The summed E-state index contributed by atoms with van der Waals surface area (Å²) in [5.74, 6) is 0. The lowest BCUT2D eigenvalue weighted by molar-refractivity contribution is 1.50. The number of fused-ring (bicyclic) bond motifs is 1. The molecule has 0 radical (unpaired) electrons. The van der Waals surface area contributed by atoms with Crippen LogP contribution in [0.3, 0.4) is 0 Å². The van der Waals surface area contributed by atoms with Gasteiger partial charge in [0.1, 0.15) is 0 Å².